The summed E-state index contributed by atoms with van der Waals surface area (Å²) < 4.78 is 40.1. The number of ether oxygens (including phenoxy) is 2. The predicted octanol–water partition coefficient (Wildman–Crippen LogP) is 4.56. The predicted molar refractivity (Wildman–Crippen MR) is 127 cm³/mol. The van der Waals surface area contributed by atoms with Crippen LogP contribution in [0.5, 0.6) is 11.5 Å². The maximum Gasteiger partial charge on any atom is 0.263 e. The number of nitrogens with one attached hydrogen (secondary N) is 2. The van der Waals surface area contributed by atoms with E-state index in [2.05, 4.69) is 20.0 Å². The Balaban J connectivity index is 1.54. The lowest BCUT2D eigenvalue weighted by molar-refractivity contribution is 0.171. The van der Waals surface area contributed by atoms with Crippen LogP contribution in [0.2, 0.25) is 0 Å². The minimum absolute atomic E-state index is 0.0406. The molecule has 0 radical (unpaired) electrons. The number of anilines is 3. The summed E-state index contributed by atoms with van der Waals surface area (Å²) in [5.41, 5.74) is 4.26. The third-order valence-corrected chi connectivity index (χ3v) is 6.73. The summed E-state index contributed by atoms with van der Waals surface area (Å²) in [7, 11) is -3.97. The van der Waals surface area contributed by atoms with Crippen molar-refractivity contribution in [3.63, 3.8) is 0 Å². The van der Waals surface area contributed by atoms with Gasteiger partial charge in [0.15, 0.2) is 23.1 Å². The molecule has 1 aromatic heterocycles. The van der Waals surface area contributed by atoms with E-state index in [1.54, 1.807) is 12.1 Å². The van der Waals surface area contributed by atoms with Crippen LogP contribution >= 0.6 is 0 Å². The molecule has 4 aromatic rings. The van der Waals surface area contributed by atoms with Gasteiger partial charge in [0, 0.05) is 11.8 Å². The van der Waals surface area contributed by atoms with Gasteiger partial charge in [0.25, 0.3) is 10.0 Å². The van der Waals surface area contributed by atoms with E-state index in [1.807, 2.05) is 50.2 Å². The topological polar surface area (TPSA) is 102 Å². The Labute approximate surface area is 191 Å². The van der Waals surface area contributed by atoms with E-state index in [4.69, 9.17) is 9.47 Å². The normalized spacial score (nSPS) is 13.0. The molecule has 0 amide bonds. The van der Waals surface area contributed by atoms with Crippen LogP contribution in [-0.2, 0) is 10.0 Å². The van der Waals surface area contributed by atoms with Gasteiger partial charge in [-0.1, -0.05) is 18.2 Å². The van der Waals surface area contributed by atoms with Crippen molar-refractivity contribution in [2.75, 3.05) is 23.3 Å². The van der Waals surface area contributed by atoms with E-state index in [-0.39, 0.29) is 10.7 Å². The zero-order valence-electron chi connectivity index (χ0n) is 18.1. The minimum atomic E-state index is -3.97. The van der Waals surface area contributed by atoms with E-state index in [1.165, 1.54) is 12.1 Å². The molecule has 2 N–H and O–H groups in total. The number of hydrogen-bond donors (Lipinski definition) is 2. The first-order valence-electron chi connectivity index (χ1n) is 10.4. The number of hydrogen-bond acceptors (Lipinski definition) is 7. The molecule has 8 nitrogen and oxygen atoms in total. The first-order chi connectivity index (χ1) is 15.9. The van der Waals surface area contributed by atoms with Gasteiger partial charge in [0.2, 0.25) is 0 Å². The average Bonchev–Trinajstić information content (AvgIpc) is 2.81. The zero-order valence-corrected chi connectivity index (χ0v) is 18.9. The second-order valence-corrected chi connectivity index (χ2v) is 9.43. The van der Waals surface area contributed by atoms with Crippen LogP contribution in [0.1, 0.15) is 11.1 Å². The van der Waals surface area contributed by atoms with Gasteiger partial charge in [-0.25, -0.2) is 18.4 Å². The monoisotopic (exact) mass is 462 g/mol. The maximum absolute atomic E-state index is 13.2. The van der Waals surface area contributed by atoms with Gasteiger partial charge in [-0.2, -0.15) is 0 Å². The lowest BCUT2D eigenvalue weighted by Gasteiger charge is -2.19. The van der Waals surface area contributed by atoms with E-state index in [0.29, 0.717) is 41.6 Å². The van der Waals surface area contributed by atoms with Crippen molar-refractivity contribution in [1.82, 2.24) is 9.97 Å². The highest BCUT2D eigenvalue weighted by atomic mass is 32.2. The van der Waals surface area contributed by atoms with Crippen LogP contribution in [0.4, 0.5) is 17.3 Å². The highest BCUT2D eigenvalue weighted by molar-refractivity contribution is 7.92. The molecular formula is C24H22N4O4S. The van der Waals surface area contributed by atoms with Gasteiger partial charge in [0.1, 0.15) is 13.2 Å². The molecule has 33 heavy (non-hydrogen) atoms. The summed E-state index contributed by atoms with van der Waals surface area (Å²) in [4.78, 5) is 9.20. The molecule has 0 saturated carbocycles. The molecule has 2 heterocycles. The highest BCUT2D eigenvalue weighted by Gasteiger charge is 2.22. The second-order valence-electron chi connectivity index (χ2n) is 7.74. The first kappa shape index (κ1) is 21.0. The molecule has 1 aliphatic rings. The van der Waals surface area contributed by atoms with Gasteiger partial charge in [-0.3, -0.25) is 4.72 Å². The van der Waals surface area contributed by atoms with Crippen LogP contribution in [0, 0.1) is 13.8 Å². The van der Waals surface area contributed by atoms with Crippen LogP contribution in [-0.4, -0.2) is 31.6 Å². The molecule has 0 saturated heterocycles. The Morgan fingerprint density at radius 1 is 0.788 bits per heavy atom. The van der Waals surface area contributed by atoms with E-state index in [9.17, 15) is 8.42 Å². The molecule has 5 rings (SSSR count). The number of rotatable bonds is 5. The molecule has 0 unspecified atom stereocenters. The van der Waals surface area contributed by atoms with Crippen molar-refractivity contribution in [3.05, 3.63) is 71.8 Å². The van der Waals surface area contributed by atoms with Crippen molar-refractivity contribution in [1.29, 1.82) is 0 Å². The number of benzene rings is 3. The van der Waals surface area contributed by atoms with E-state index < -0.39 is 10.0 Å². The van der Waals surface area contributed by atoms with Crippen LogP contribution < -0.4 is 19.5 Å². The summed E-state index contributed by atoms with van der Waals surface area (Å²) in [6.07, 6.45) is 0. The summed E-state index contributed by atoms with van der Waals surface area (Å²) in [5, 5.41) is 3.21. The van der Waals surface area contributed by atoms with Crippen LogP contribution in [0.15, 0.2) is 65.6 Å². The number of sulfonamides is 1. The zero-order chi connectivity index (χ0) is 23.0. The number of aromatic nitrogens is 2. The average molecular weight is 463 g/mol. The van der Waals surface area contributed by atoms with Crippen molar-refractivity contribution in [3.8, 4) is 11.5 Å². The number of para-hydroxylation sites is 2. The Kier molecular flexibility index (Phi) is 5.26. The Hall–Kier alpha value is -3.85. The van der Waals surface area contributed by atoms with Crippen LogP contribution in [0.3, 0.4) is 0 Å². The molecule has 0 spiro atoms. The highest BCUT2D eigenvalue weighted by Crippen LogP contribution is 2.33. The molecule has 0 aliphatic carbocycles. The van der Waals surface area contributed by atoms with Gasteiger partial charge < -0.3 is 14.8 Å². The van der Waals surface area contributed by atoms with Crippen molar-refractivity contribution in [2.45, 2.75) is 18.7 Å². The summed E-state index contributed by atoms with van der Waals surface area (Å²) in [6.45, 7) is 4.83. The van der Waals surface area contributed by atoms with Crippen molar-refractivity contribution < 1.29 is 17.9 Å². The molecule has 0 bridgehead atoms. The molecule has 168 valence electrons. The fraction of sp³-hybridized carbons (Fsp3) is 0.167. The number of fused-ring (bicyclic) bond motifs is 2. The van der Waals surface area contributed by atoms with Crippen LogP contribution in [0.25, 0.3) is 11.0 Å². The van der Waals surface area contributed by atoms with Gasteiger partial charge in [0.05, 0.1) is 15.9 Å². The molecule has 0 atom stereocenters. The number of nitrogens with zero attached hydrogens (tertiary/aromatic N) is 2. The second kappa shape index (κ2) is 8.25. The fourth-order valence-electron chi connectivity index (χ4n) is 3.49. The molecule has 9 heteroatoms. The quantitative estimate of drug-likeness (QED) is 0.448. The first-order valence-corrected chi connectivity index (χ1v) is 11.9. The molecular weight excluding hydrogens is 440 g/mol. The maximum atomic E-state index is 13.2. The van der Waals surface area contributed by atoms with Gasteiger partial charge in [-0.15, -0.1) is 0 Å². The van der Waals surface area contributed by atoms with E-state index in [0.717, 1.165) is 16.8 Å². The standard InChI is InChI=1S/C24H22N4O4S/c1-15-7-8-17(13-16(15)2)25-23-24(27-20-6-4-3-5-19(20)26-23)28-33(29,30)18-9-10-21-22(14-18)32-12-11-31-21/h3-10,13-14H,11-12H2,1-2H3,(H,25,26)(H,27,28). The third kappa shape index (κ3) is 4.27. The lowest BCUT2D eigenvalue weighted by atomic mass is 10.1. The Bertz CT molecular complexity index is 1470. The van der Waals surface area contributed by atoms with E-state index >= 15 is 0 Å². The third-order valence-electron chi connectivity index (χ3n) is 5.40. The summed E-state index contributed by atoms with van der Waals surface area (Å²) in [5.74, 6) is 1.31. The molecule has 1 aliphatic heterocycles. The molecule has 0 fully saturated rings. The van der Waals surface area contributed by atoms with Gasteiger partial charge in [-0.05, 0) is 61.4 Å². The lowest BCUT2D eigenvalue weighted by Crippen LogP contribution is -2.18. The summed E-state index contributed by atoms with van der Waals surface area (Å²) >= 11 is 0. The smallest absolute Gasteiger partial charge is 0.263 e. The largest absolute Gasteiger partial charge is 0.486 e. The number of aryl methyl sites for hydroxylation is 2. The summed E-state index contributed by atoms with van der Waals surface area (Å²) in [6, 6.07) is 17.7. The fourth-order valence-corrected chi connectivity index (χ4v) is 4.52. The molecule has 3 aromatic carbocycles. The van der Waals surface area contributed by atoms with Crippen molar-refractivity contribution >= 4 is 38.4 Å². The van der Waals surface area contributed by atoms with Crippen molar-refractivity contribution in [2.24, 2.45) is 0 Å². The minimum Gasteiger partial charge on any atom is -0.486 e. The SMILES string of the molecule is Cc1ccc(Nc2nc3ccccc3nc2NS(=O)(=O)c2ccc3c(c2)OCCO3)cc1C. The Morgan fingerprint density at radius 3 is 2.21 bits per heavy atom. The Morgan fingerprint density at radius 2 is 1.48 bits per heavy atom. The van der Waals surface area contributed by atoms with Gasteiger partial charge >= 0.3 is 0 Å².